The van der Waals surface area contributed by atoms with Crippen LogP contribution in [0.5, 0.6) is 0 Å². The van der Waals surface area contributed by atoms with Crippen molar-refractivity contribution in [1.29, 1.82) is 0 Å². The van der Waals surface area contributed by atoms with Gasteiger partial charge in [0.25, 0.3) is 0 Å². The molecule has 0 aliphatic rings. The Balaban J connectivity index is 3.16. The Morgan fingerprint density at radius 1 is 1.75 bits per heavy atom. The highest BCUT2D eigenvalue weighted by molar-refractivity contribution is 4.50. The molecule has 0 rings (SSSR count). The smallest absolute Gasteiger partial charge is 0.0770 e. The van der Waals surface area contributed by atoms with Crippen molar-refractivity contribution >= 4 is 0 Å². The summed E-state index contributed by atoms with van der Waals surface area (Å²) in [6, 6.07) is 0. The lowest BCUT2D eigenvalue weighted by Gasteiger charge is -2.02. The average molecular weight is 119 g/mol. The highest BCUT2D eigenvalue weighted by Gasteiger charge is 1.97. The molecule has 2 unspecified atom stereocenters. The van der Waals surface area contributed by atoms with E-state index in [2.05, 4.69) is 0 Å². The molecule has 0 saturated carbocycles. The minimum absolute atomic E-state index is 0.529. The summed E-state index contributed by atoms with van der Waals surface area (Å²) in [5, 5.41) is 17.3. The van der Waals surface area contributed by atoms with E-state index >= 15 is 0 Å². The average Bonchev–Trinajstić information content (AvgIpc) is 1.82. The molecule has 0 spiro atoms. The molecular formula is C6H14O2. The topological polar surface area (TPSA) is 40.5 Å². The van der Waals surface area contributed by atoms with Gasteiger partial charge in [-0.3, -0.25) is 0 Å². The van der Waals surface area contributed by atoms with Gasteiger partial charge < -0.3 is 10.2 Å². The van der Waals surface area contributed by atoms with E-state index in [1.54, 1.807) is 0 Å². The van der Waals surface area contributed by atoms with E-state index in [9.17, 15) is 0 Å². The van der Waals surface area contributed by atoms with Crippen LogP contribution < -0.4 is 0 Å². The number of aliphatic hydroxyl groups is 2. The van der Waals surface area contributed by atoms with E-state index in [4.69, 9.17) is 11.6 Å². The van der Waals surface area contributed by atoms with Crippen LogP contribution in [0.15, 0.2) is 0 Å². The van der Waals surface area contributed by atoms with Gasteiger partial charge in [-0.2, -0.15) is 0 Å². The molecule has 0 saturated heterocycles. The molecule has 0 aromatic heterocycles. The lowest BCUT2D eigenvalue weighted by Crippen LogP contribution is -2.10. The number of unbranched alkanes of at least 4 members (excludes halogenated alkanes) is 1. The number of aliphatic hydroxyl groups excluding tert-OH is 2. The van der Waals surface area contributed by atoms with Crippen LogP contribution in [0, 0.1) is 0 Å². The number of hydrogen-bond acceptors (Lipinski definition) is 2. The van der Waals surface area contributed by atoms with Gasteiger partial charge in [0.1, 0.15) is 0 Å². The molecule has 50 valence electrons. The molecule has 2 heteroatoms. The molecule has 0 heterocycles. The van der Waals surface area contributed by atoms with Gasteiger partial charge in [0.2, 0.25) is 0 Å². The summed E-state index contributed by atoms with van der Waals surface area (Å²) >= 11 is 0. The maximum Gasteiger partial charge on any atom is 0.0770 e. The Morgan fingerprint density at radius 3 is 2.75 bits per heavy atom. The van der Waals surface area contributed by atoms with Crippen LogP contribution in [0.25, 0.3) is 0 Å². The van der Waals surface area contributed by atoms with Gasteiger partial charge in [0.15, 0.2) is 0 Å². The molecular weight excluding hydrogens is 104 g/mol. The summed E-state index contributed by atoms with van der Waals surface area (Å²) in [5.41, 5.74) is 0. The third kappa shape index (κ3) is 4.09. The fourth-order valence-corrected chi connectivity index (χ4v) is 0.488. The van der Waals surface area contributed by atoms with Crippen LogP contribution >= 0.6 is 0 Å². The maximum absolute atomic E-state index is 8.82. The first-order valence-corrected chi connectivity index (χ1v) is 2.97. The van der Waals surface area contributed by atoms with E-state index in [0.717, 1.165) is 12.8 Å². The van der Waals surface area contributed by atoms with Gasteiger partial charge in [0.05, 0.1) is 14.1 Å². The summed E-state index contributed by atoms with van der Waals surface area (Å²) in [4.78, 5) is 0. The van der Waals surface area contributed by atoms with Crippen LogP contribution in [-0.4, -0.2) is 22.9 Å². The largest absolute Gasteiger partial charge is 0.394 e. The van der Waals surface area contributed by atoms with Gasteiger partial charge in [0, 0.05) is 0 Å². The molecule has 0 amide bonds. The summed E-state index contributed by atoms with van der Waals surface area (Å²) in [6.45, 7) is 0.680. The summed E-state index contributed by atoms with van der Waals surface area (Å²) < 4.78 is 6.67. The van der Waals surface area contributed by atoms with Crippen molar-refractivity contribution in [3.63, 3.8) is 0 Å². The minimum atomic E-state index is -1.32. The standard InChI is InChI=1S/C6H14O2/c1-2-3-4-6(8)5-7/h6-8H,2-5H2,1H3/i5D. The first-order chi connectivity index (χ1) is 4.18. The van der Waals surface area contributed by atoms with Gasteiger partial charge in [-0.15, -0.1) is 0 Å². The number of rotatable bonds is 4. The van der Waals surface area contributed by atoms with E-state index in [-0.39, 0.29) is 0 Å². The molecule has 0 aromatic carbocycles. The van der Waals surface area contributed by atoms with Crippen molar-refractivity contribution in [3.05, 3.63) is 0 Å². The van der Waals surface area contributed by atoms with Crippen LogP contribution in [0.1, 0.15) is 27.6 Å². The second-order valence-corrected chi connectivity index (χ2v) is 1.86. The van der Waals surface area contributed by atoms with E-state index in [1.807, 2.05) is 6.92 Å². The minimum Gasteiger partial charge on any atom is -0.394 e. The normalized spacial score (nSPS) is 19.6. The molecule has 2 N–H and O–H groups in total. The van der Waals surface area contributed by atoms with Crippen molar-refractivity contribution < 1.29 is 11.6 Å². The fourth-order valence-electron chi connectivity index (χ4n) is 0.488. The maximum atomic E-state index is 8.82. The SMILES string of the molecule is [2H]C(O)C(O)CCCC. The van der Waals surface area contributed by atoms with Gasteiger partial charge in [-0.05, 0) is 6.42 Å². The Bertz CT molecular complexity index is 66.1. The molecule has 0 fully saturated rings. The zero-order valence-electron chi connectivity index (χ0n) is 6.17. The number of hydrogen-bond donors (Lipinski definition) is 2. The molecule has 0 bridgehead atoms. The summed E-state index contributed by atoms with van der Waals surface area (Å²) in [7, 11) is 0. The Hall–Kier alpha value is -0.0800. The molecule has 2 atom stereocenters. The van der Waals surface area contributed by atoms with Crippen LogP contribution in [0.4, 0.5) is 0 Å². The van der Waals surface area contributed by atoms with Crippen LogP contribution in [0.2, 0.25) is 0 Å². The van der Waals surface area contributed by atoms with E-state index in [1.165, 1.54) is 0 Å². The fraction of sp³-hybridized carbons (Fsp3) is 1.00. The second-order valence-electron chi connectivity index (χ2n) is 1.86. The molecule has 2 nitrogen and oxygen atoms in total. The third-order valence-corrected chi connectivity index (χ3v) is 1.03. The molecule has 0 aromatic rings. The zero-order chi connectivity index (χ0) is 7.28. The first-order valence-electron chi connectivity index (χ1n) is 3.54. The van der Waals surface area contributed by atoms with Gasteiger partial charge >= 0.3 is 0 Å². The second kappa shape index (κ2) is 5.06. The molecule has 0 aliphatic heterocycles. The predicted molar refractivity (Wildman–Crippen MR) is 32.6 cm³/mol. The molecule has 0 aliphatic carbocycles. The Labute approximate surface area is 51.6 Å². The van der Waals surface area contributed by atoms with Crippen molar-refractivity contribution in [3.8, 4) is 0 Å². The van der Waals surface area contributed by atoms with Crippen molar-refractivity contribution in [1.82, 2.24) is 0 Å². The van der Waals surface area contributed by atoms with Gasteiger partial charge in [-0.25, -0.2) is 0 Å². The van der Waals surface area contributed by atoms with Crippen molar-refractivity contribution in [2.75, 3.05) is 6.58 Å². The monoisotopic (exact) mass is 119 g/mol. The van der Waals surface area contributed by atoms with Crippen LogP contribution in [0.3, 0.4) is 0 Å². The quantitative estimate of drug-likeness (QED) is 0.566. The highest BCUT2D eigenvalue weighted by Crippen LogP contribution is 1.97. The Kier molecular flexibility index (Phi) is 3.83. The highest BCUT2D eigenvalue weighted by atomic mass is 16.3. The van der Waals surface area contributed by atoms with Crippen LogP contribution in [-0.2, 0) is 0 Å². The van der Waals surface area contributed by atoms with E-state index in [0.29, 0.717) is 6.42 Å². The first kappa shape index (κ1) is 6.05. The summed E-state index contributed by atoms with van der Waals surface area (Å²) in [5.74, 6) is 0. The summed E-state index contributed by atoms with van der Waals surface area (Å²) in [6.07, 6.45) is 1.53. The van der Waals surface area contributed by atoms with Crippen molar-refractivity contribution in [2.24, 2.45) is 0 Å². The van der Waals surface area contributed by atoms with Gasteiger partial charge in [-0.1, -0.05) is 19.8 Å². The predicted octanol–water partition coefficient (Wildman–Crippen LogP) is 0.530. The Morgan fingerprint density at radius 2 is 2.38 bits per heavy atom. The lowest BCUT2D eigenvalue weighted by atomic mass is 10.2. The van der Waals surface area contributed by atoms with Crippen molar-refractivity contribution in [2.45, 2.75) is 32.3 Å². The molecule has 8 heavy (non-hydrogen) atoms. The molecule has 0 radical (unpaired) electrons. The lowest BCUT2D eigenvalue weighted by molar-refractivity contribution is 0.0865. The van der Waals surface area contributed by atoms with E-state index < -0.39 is 12.7 Å². The zero-order valence-corrected chi connectivity index (χ0v) is 5.17. The third-order valence-electron chi connectivity index (χ3n) is 1.03.